The molecule has 1 aromatic carbocycles. The molecule has 0 amide bonds. The number of hydrogen-bond acceptors (Lipinski definition) is 3. The van der Waals surface area contributed by atoms with Gasteiger partial charge in [-0.25, -0.2) is 0 Å². The molecule has 5 heteroatoms. The van der Waals surface area contributed by atoms with Gasteiger partial charge in [-0.3, -0.25) is 5.10 Å². The molecule has 0 saturated carbocycles. The molecule has 2 rings (SSSR count). The Morgan fingerprint density at radius 2 is 1.75 bits per heavy atom. The fourth-order valence-corrected chi connectivity index (χ4v) is 2.05. The van der Waals surface area contributed by atoms with E-state index >= 15 is 0 Å². The van der Waals surface area contributed by atoms with Crippen LogP contribution in [0, 0.1) is 13.8 Å². The number of methoxy groups -OCH3 is 1. The SMILES string of the molecule is COc1ccc(OCCCc2c(C)n[nH]c2C)cc1.Cl. The van der Waals surface area contributed by atoms with Gasteiger partial charge in [0.15, 0.2) is 0 Å². The minimum Gasteiger partial charge on any atom is -0.497 e. The van der Waals surface area contributed by atoms with E-state index < -0.39 is 0 Å². The predicted octanol–water partition coefficient (Wildman–Crippen LogP) is 3.47. The van der Waals surface area contributed by atoms with Gasteiger partial charge in [0, 0.05) is 5.69 Å². The summed E-state index contributed by atoms with van der Waals surface area (Å²) in [5.41, 5.74) is 3.54. The van der Waals surface area contributed by atoms with Gasteiger partial charge in [0.25, 0.3) is 0 Å². The summed E-state index contributed by atoms with van der Waals surface area (Å²) < 4.78 is 10.8. The van der Waals surface area contributed by atoms with Crippen LogP contribution in [0.15, 0.2) is 24.3 Å². The number of nitrogens with zero attached hydrogens (tertiary/aromatic N) is 1. The smallest absolute Gasteiger partial charge is 0.119 e. The highest BCUT2D eigenvalue weighted by Crippen LogP contribution is 2.17. The van der Waals surface area contributed by atoms with Crippen LogP contribution in [-0.2, 0) is 6.42 Å². The summed E-state index contributed by atoms with van der Waals surface area (Å²) in [5.74, 6) is 1.72. The maximum Gasteiger partial charge on any atom is 0.119 e. The molecular formula is C15H21ClN2O2. The maximum absolute atomic E-state index is 5.70. The molecule has 0 aliphatic carbocycles. The van der Waals surface area contributed by atoms with Crippen LogP contribution in [0.5, 0.6) is 11.5 Å². The Bertz CT molecular complexity index is 504. The van der Waals surface area contributed by atoms with Gasteiger partial charge in [-0.2, -0.15) is 5.10 Å². The van der Waals surface area contributed by atoms with Gasteiger partial charge in [-0.15, -0.1) is 12.4 Å². The Morgan fingerprint density at radius 1 is 1.10 bits per heavy atom. The van der Waals surface area contributed by atoms with Crippen LogP contribution in [0.3, 0.4) is 0 Å². The van der Waals surface area contributed by atoms with E-state index in [1.165, 1.54) is 5.56 Å². The first-order valence-corrected chi connectivity index (χ1v) is 6.48. The molecule has 2 aromatic rings. The number of halogens is 1. The van der Waals surface area contributed by atoms with E-state index in [1.807, 2.05) is 31.2 Å². The molecule has 0 aliphatic rings. The van der Waals surface area contributed by atoms with Crippen LogP contribution in [0.1, 0.15) is 23.4 Å². The van der Waals surface area contributed by atoms with Crippen LogP contribution in [0.4, 0.5) is 0 Å². The highest BCUT2D eigenvalue weighted by molar-refractivity contribution is 5.85. The highest BCUT2D eigenvalue weighted by Gasteiger charge is 2.05. The number of ether oxygens (including phenoxy) is 2. The zero-order valence-corrected chi connectivity index (χ0v) is 12.9. The number of aromatic nitrogens is 2. The standard InChI is InChI=1S/C15H20N2O2.ClH/c1-11-15(12(2)17-16-11)5-4-10-19-14-8-6-13(18-3)7-9-14;/h6-9H,4-5,10H2,1-3H3,(H,16,17);1H. The van der Waals surface area contributed by atoms with Gasteiger partial charge in [0.05, 0.1) is 19.4 Å². The molecule has 0 aliphatic heterocycles. The molecule has 0 unspecified atom stereocenters. The van der Waals surface area contributed by atoms with E-state index in [0.717, 1.165) is 35.7 Å². The van der Waals surface area contributed by atoms with E-state index in [2.05, 4.69) is 17.1 Å². The van der Waals surface area contributed by atoms with E-state index in [-0.39, 0.29) is 12.4 Å². The number of aryl methyl sites for hydroxylation is 2. The van der Waals surface area contributed by atoms with E-state index in [0.29, 0.717) is 6.61 Å². The van der Waals surface area contributed by atoms with Crippen LogP contribution >= 0.6 is 12.4 Å². The second-order valence-electron chi connectivity index (χ2n) is 4.54. The van der Waals surface area contributed by atoms with Crippen molar-refractivity contribution in [1.82, 2.24) is 10.2 Å². The van der Waals surface area contributed by atoms with Gasteiger partial charge in [0.1, 0.15) is 11.5 Å². The molecule has 0 bridgehead atoms. The lowest BCUT2D eigenvalue weighted by Gasteiger charge is -2.07. The quantitative estimate of drug-likeness (QED) is 0.830. The lowest BCUT2D eigenvalue weighted by atomic mass is 10.1. The first kappa shape index (κ1) is 16.4. The monoisotopic (exact) mass is 296 g/mol. The normalized spacial score (nSPS) is 9.95. The highest BCUT2D eigenvalue weighted by atomic mass is 35.5. The maximum atomic E-state index is 5.70. The minimum atomic E-state index is 0. The Hall–Kier alpha value is -1.68. The summed E-state index contributed by atoms with van der Waals surface area (Å²) in [7, 11) is 1.66. The lowest BCUT2D eigenvalue weighted by molar-refractivity contribution is 0.310. The Labute approximate surface area is 125 Å². The van der Waals surface area contributed by atoms with Gasteiger partial charge in [-0.05, 0) is 56.5 Å². The van der Waals surface area contributed by atoms with Crippen molar-refractivity contribution in [3.63, 3.8) is 0 Å². The second kappa shape index (κ2) is 7.80. The molecule has 0 radical (unpaired) electrons. The number of nitrogens with one attached hydrogen (secondary N) is 1. The van der Waals surface area contributed by atoms with E-state index in [4.69, 9.17) is 9.47 Å². The summed E-state index contributed by atoms with van der Waals surface area (Å²) >= 11 is 0. The van der Waals surface area contributed by atoms with Crippen molar-refractivity contribution in [3.05, 3.63) is 41.2 Å². The number of H-pyrrole nitrogens is 1. The van der Waals surface area contributed by atoms with Crippen LogP contribution in [-0.4, -0.2) is 23.9 Å². The Kier molecular flexibility index (Phi) is 6.39. The van der Waals surface area contributed by atoms with Crippen molar-refractivity contribution in [1.29, 1.82) is 0 Å². The molecule has 0 fully saturated rings. The predicted molar refractivity (Wildman–Crippen MR) is 82.1 cm³/mol. The Balaban J connectivity index is 0.00000200. The number of aromatic amines is 1. The third-order valence-electron chi connectivity index (χ3n) is 3.18. The number of benzene rings is 1. The Morgan fingerprint density at radius 3 is 2.30 bits per heavy atom. The van der Waals surface area contributed by atoms with E-state index in [1.54, 1.807) is 7.11 Å². The lowest BCUT2D eigenvalue weighted by Crippen LogP contribution is -2.00. The molecule has 4 nitrogen and oxygen atoms in total. The van der Waals surface area contributed by atoms with Crippen LogP contribution in [0.2, 0.25) is 0 Å². The fraction of sp³-hybridized carbons (Fsp3) is 0.400. The van der Waals surface area contributed by atoms with Crippen molar-refractivity contribution in [2.45, 2.75) is 26.7 Å². The molecule has 1 heterocycles. The molecule has 1 N–H and O–H groups in total. The first-order chi connectivity index (χ1) is 9.20. The van der Waals surface area contributed by atoms with Crippen molar-refractivity contribution < 1.29 is 9.47 Å². The summed E-state index contributed by atoms with van der Waals surface area (Å²) in [6, 6.07) is 7.65. The second-order valence-corrected chi connectivity index (χ2v) is 4.54. The van der Waals surface area contributed by atoms with Crippen LogP contribution in [0.25, 0.3) is 0 Å². The molecule has 0 atom stereocenters. The number of hydrogen-bond donors (Lipinski definition) is 1. The molecule has 110 valence electrons. The van der Waals surface area contributed by atoms with Crippen molar-refractivity contribution >= 4 is 12.4 Å². The summed E-state index contributed by atoms with van der Waals surface area (Å²) in [5, 5.41) is 7.20. The zero-order valence-electron chi connectivity index (χ0n) is 12.1. The largest absolute Gasteiger partial charge is 0.497 e. The molecule has 0 saturated heterocycles. The third-order valence-corrected chi connectivity index (χ3v) is 3.18. The van der Waals surface area contributed by atoms with Crippen molar-refractivity contribution in [2.24, 2.45) is 0 Å². The van der Waals surface area contributed by atoms with Crippen LogP contribution < -0.4 is 9.47 Å². The average molecular weight is 297 g/mol. The summed E-state index contributed by atoms with van der Waals surface area (Å²) in [6.45, 7) is 4.79. The topological polar surface area (TPSA) is 47.1 Å². The molecule has 20 heavy (non-hydrogen) atoms. The van der Waals surface area contributed by atoms with Crippen molar-refractivity contribution in [3.8, 4) is 11.5 Å². The van der Waals surface area contributed by atoms with E-state index in [9.17, 15) is 0 Å². The third kappa shape index (κ3) is 4.17. The van der Waals surface area contributed by atoms with Gasteiger partial charge in [0.2, 0.25) is 0 Å². The van der Waals surface area contributed by atoms with Crippen molar-refractivity contribution in [2.75, 3.05) is 13.7 Å². The average Bonchev–Trinajstić information content (AvgIpc) is 2.75. The zero-order chi connectivity index (χ0) is 13.7. The fourth-order valence-electron chi connectivity index (χ4n) is 2.05. The van der Waals surface area contributed by atoms with Gasteiger partial charge < -0.3 is 9.47 Å². The molecular weight excluding hydrogens is 276 g/mol. The minimum absolute atomic E-state index is 0. The number of rotatable bonds is 6. The van der Waals surface area contributed by atoms with Gasteiger partial charge >= 0.3 is 0 Å². The summed E-state index contributed by atoms with van der Waals surface area (Å²) in [6.07, 6.45) is 1.97. The molecule has 0 spiro atoms. The summed E-state index contributed by atoms with van der Waals surface area (Å²) in [4.78, 5) is 0. The first-order valence-electron chi connectivity index (χ1n) is 6.48. The molecule has 1 aromatic heterocycles. The van der Waals surface area contributed by atoms with Gasteiger partial charge in [-0.1, -0.05) is 0 Å².